The Morgan fingerprint density at radius 3 is 2.44 bits per heavy atom. The number of para-hydroxylation sites is 2. The molecule has 1 aliphatic heterocycles. The Hall–Kier alpha value is -3.91. The summed E-state index contributed by atoms with van der Waals surface area (Å²) in [6.07, 6.45) is 1.46. The Kier molecular flexibility index (Phi) is 6.51. The van der Waals surface area contributed by atoms with E-state index in [1.165, 1.54) is 18.2 Å². The lowest BCUT2D eigenvalue weighted by atomic mass is 9.94. The highest BCUT2D eigenvalue weighted by Crippen LogP contribution is 2.42. The first kappa shape index (κ1) is 23.3. The van der Waals surface area contributed by atoms with Crippen LogP contribution in [0.4, 0.5) is 0 Å². The Bertz CT molecular complexity index is 1250. The highest BCUT2D eigenvalue weighted by atomic mass is 16.5. The molecule has 0 radical (unpaired) electrons. The number of likely N-dealkylation sites (N-methyl/N-ethyl adjacent to an activating group) is 1. The molecular formula is C26H28N4O4. The second kappa shape index (κ2) is 9.52. The van der Waals surface area contributed by atoms with Gasteiger partial charge in [-0.25, -0.2) is 4.68 Å². The molecule has 1 unspecified atom stereocenters. The van der Waals surface area contributed by atoms with Crippen molar-refractivity contribution < 1.29 is 24.3 Å². The number of quaternary nitrogens is 1. The summed E-state index contributed by atoms with van der Waals surface area (Å²) in [5.41, 5.74) is 2.22. The van der Waals surface area contributed by atoms with Gasteiger partial charge in [0.15, 0.2) is 0 Å². The molecule has 1 aliphatic rings. The monoisotopic (exact) mass is 460 g/mol. The summed E-state index contributed by atoms with van der Waals surface area (Å²) in [4.78, 5) is 28.9. The Labute approximate surface area is 198 Å². The number of nitrogens with one attached hydrogen (secondary N) is 1. The Balaban J connectivity index is 1.88. The van der Waals surface area contributed by atoms with Crippen LogP contribution in [0.25, 0.3) is 11.4 Å². The molecule has 1 amide bonds. The number of ketones is 1. The third-order valence-electron chi connectivity index (χ3n) is 6.07. The summed E-state index contributed by atoms with van der Waals surface area (Å²) in [7, 11) is 5.47. The average molecular weight is 461 g/mol. The van der Waals surface area contributed by atoms with E-state index >= 15 is 0 Å². The van der Waals surface area contributed by atoms with Gasteiger partial charge in [0.2, 0.25) is 5.78 Å². The molecule has 0 spiro atoms. The second-order valence-electron chi connectivity index (χ2n) is 8.56. The first-order chi connectivity index (χ1) is 16.3. The third kappa shape index (κ3) is 4.08. The number of hydrogen-bond acceptors (Lipinski definition) is 5. The van der Waals surface area contributed by atoms with Crippen molar-refractivity contribution in [1.29, 1.82) is 0 Å². The van der Waals surface area contributed by atoms with Crippen LogP contribution >= 0.6 is 0 Å². The smallest absolute Gasteiger partial charge is 0.295 e. The van der Waals surface area contributed by atoms with Gasteiger partial charge >= 0.3 is 0 Å². The molecule has 34 heavy (non-hydrogen) atoms. The van der Waals surface area contributed by atoms with Gasteiger partial charge < -0.3 is 19.6 Å². The molecule has 0 bridgehead atoms. The number of likely N-dealkylation sites (tertiary alicyclic amines) is 1. The molecule has 2 aromatic carbocycles. The topological polar surface area (TPSA) is 91.9 Å². The van der Waals surface area contributed by atoms with Crippen molar-refractivity contribution in [3.63, 3.8) is 0 Å². The zero-order valence-electron chi connectivity index (χ0n) is 19.7. The fourth-order valence-electron chi connectivity index (χ4n) is 4.27. The molecule has 8 heteroatoms. The van der Waals surface area contributed by atoms with Crippen LogP contribution in [0.5, 0.6) is 5.75 Å². The number of hydrogen-bond donors (Lipinski definition) is 1. The molecule has 176 valence electrons. The molecule has 1 saturated heterocycles. The summed E-state index contributed by atoms with van der Waals surface area (Å²) in [5.74, 6) is -1.43. The van der Waals surface area contributed by atoms with E-state index in [9.17, 15) is 14.7 Å². The largest absolute Gasteiger partial charge is 0.872 e. The van der Waals surface area contributed by atoms with Gasteiger partial charge in [0.05, 0.1) is 52.2 Å². The molecule has 0 aliphatic carbocycles. The van der Waals surface area contributed by atoms with Crippen molar-refractivity contribution >= 4 is 17.4 Å². The zero-order valence-corrected chi connectivity index (χ0v) is 19.7. The number of nitrogens with zero attached hydrogens (tertiary/aromatic N) is 3. The standard InChI is InChI=1S/C26H28N4O4/c1-17-20(16-27-30(17)18-10-6-5-7-11-18)24(31)22-23(19-12-8-9-13-21(19)34-4)29(15-14-28(2)3)26(33)25(22)32/h5-13,16,23,31H,14-15H2,1-4H3/b24-22+. The number of rotatable bonds is 7. The van der Waals surface area contributed by atoms with E-state index in [4.69, 9.17) is 4.74 Å². The number of benzene rings is 2. The molecule has 1 aromatic heterocycles. The van der Waals surface area contributed by atoms with Gasteiger partial charge in [0.1, 0.15) is 5.75 Å². The fourth-order valence-corrected chi connectivity index (χ4v) is 4.27. The number of carbonyl (C=O) groups excluding carboxylic acids is 2. The lowest BCUT2D eigenvalue weighted by Crippen LogP contribution is -3.06. The third-order valence-corrected chi connectivity index (χ3v) is 6.07. The van der Waals surface area contributed by atoms with Gasteiger partial charge in [0.25, 0.3) is 5.91 Å². The molecule has 1 fully saturated rings. The molecule has 0 saturated carbocycles. The van der Waals surface area contributed by atoms with Gasteiger partial charge in [-0.2, -0.15) is 5.10 Å². The lowest BCUT2D eigenvalue weighted by Gasteiger charge is -2.28. The van der Waals surface area contributed by atoms with Crippen LogP contribution in [0.2, 0.25) is 0 Å². The average Bonchev–Trinajstić information content (AvgIpc) is 3.35. The van der Waals surface area contributed by atoms with Crippen molar-refractivity contribution in [2.75, 3.05) is 34.3 Å². The minimum Gasteiger partial charge on any atom is -0.872 e. The second-order valence-corrected chi connectivity index (χ2v) is 8.56. The predicted molar refractivity (Wildman–Crippen MR) is 125 cm³/mol. The Morgan fingerprint density at radius 2 is 1.76 bits per heavy atom. The van der Waals surface area contributed by atoms with Crippen LogP contribution < -0.4 is 14.7 Å². The van der Waals surface area contributed by atoms with Crippen LogP contribution in [-0.2, 0) is 9.59 Å². The van der Waals surface area contributed by atoms with Crippen LogP contribution in [0.3, 0.4) is 0 Å². The molecule has 2 heterocycles. The number of amides is 1. The first-order valence-electron chi connectivity index (χ1n) is 11.1. The quantitative estimate of drug-likeness (QED) is 0.316. The van der Waals surface area contributed by atoms with E-state index in [0.717, 1.165) is 10.6 Å². The number of Topliss-reactive ketones (excluding diaryl/α,β-unsaturated/α-hetero) is 1. The summed E-state index contributed by atoms with van der Waals surface area (Å²) < 4.78 is 7.18. The zero-order chi connectivity index (χ0) is 24.4. The highest BCUT2D eigenvalue weighted by Gasteiger charge is 2.45. The normalized spacial score (nSPS) is 17.6. The van der Waals surface area contributed by atoms with Crippen molar-refractivity contribution in [2.24, 2.45) is 0 Å². The van der Waals surface area contributed by atoms with Gasteiger partial charge in [-0.05, 0) is 25.1 Å². The van der Waals surface area contributed by atoms with Crippen LogP contribution in [0.1, 0.15) is 22.9 Å². The minimum atomic E-state index is -0.831. The van der Waals surface area contributed by atoms with Crippen molar-refractivity contribution in [2.45, 2.75) is 13.0 Å². The first-order valence-corrected chi connectivity index (χ1v) is 11.1. The van der Waals surface area contributed by atoms with Crippen LogP contribution in [0, 0.1) is 6.92 Å². The maximum atomic E-state index is 13.8. The fraction of sp³-hybridized carbons (Fsp3) is 0.269. The summed E-state index contributed by atoms with van der Waals surface area (Å²) in [6.45, 7) is 2.73. The molecule has 1 N–H and O–H groups in total. The van der Waals surface area contributed by atoms with Crippen LogP contribution in [-0.4, -0.2) is 60.7 Å². The highest BCUT2D eigenvalue weighted by molar-refractivity contribution is 6.46. The van der Waals surface area contributed by atoms with E-state index < -0.39 is 23.5 Å². The lowest BCUT2D eigenvalue weighted by molar-refractivity contribution is -0.857. The van der Waals surface area contributed by atoms with E-state index in [-0.39, 0.29) is 5.57 Å². The minimum absolute atomic E-state index is 0.0704. The molecular weight excluding hydrogens is 432 g/mol. The van der Waals surface area contributed by atoms with Crippen LogP contribution in [0.15, 0.2) is 66.4 Å². The molecule has 4 rings (SSSR count). The maximum Gasteiger partial charge on any atom is 0.295 e. The van der Waals surface area contributed by atoms with Crippen molar-refractivity contribution in [3.8, 4) is 11.4 Å². The Morgan fingerprint density at radius 1 is 1.09 bits per heavy atom. The van der Waals surface area contributed by atoms with E-state index in [0.29, 0.717) is 35.7 Å². The predicted octanol–water partition coefficient (Wildman–Crippen LogP) is 0.558. The summed E-state index contributed by atoms with van der Waals surface area (Å²) >= 11 is 0. The molecule has 8 nitrogen and oxygen atoms in total. The van der Waals surface area contributed by atoms with E-state index in [2.05, 4.69) is 5.10 Å². The number of carbonyl (C=O) groups is 2. The van der Waals surface area contributed by atoms with Crippen molar-refractivity contribution in [3.05, 3.63) is 83.2 Å². The maximum absolute atomic E-state index is 13.8. The van der Waals surface area contributed by atoms with Gasteiger partial charge in [-0.1, -0.05) is 42.2 Å². The van der Waals surface area contributed by atoms with E-state index in [1.807, 2.05) is 50.5 Å². The van der Waals surface area contributed by atoms with Gasteiger partial charge in [-0.3, -0.25) is 9.59 Å². The summed E-state index contributed by atoms with van der Waals surface area (Å²) in [5, 5.41) is 18.2. The molecule has 1 atom stereocenters. The number of methoxy groups -OCH3 is 1. The van der Waals surface area contributed by atoms with Crippen molar-refractivity contribution in [1.82, 2.24) is 14.7 Å². The summed E-state index contributed by atoms with van der Waals surface area (Å²) in [6, 6.07) is 15.8. The van der Waals surface area contributed by atoms with E-state index in [1.54, 1.807) is 29.8 Å². The van der Waals surface area contributed by atoms with Gasteiger partial charge in [0, 0.05) is 22.4 Å². The molecule has 3 aromatic rings. The SMILES string of the molecule is COc1ccccc1C1/C(=C(\[O-])c2cnn(-c3ccccc3)c2C)C(=O)C(=O)N1CC[NH+](C)C. The van der Waals surface area contributed by atoms with Gasteiger partial charge in [-0.15, -0.1) is 0 Å². The number of ether oxygens (including phenoxy) is 1. The number of aromatic nitrogens is 2.